The molecule has 1 heterocycles. The van der Waals surface area contributed by atoms with Gasteiger partial charge in [-0.15, -0.1) is 4.13 Å². The number of fused-ring (bicyclic) bond motifs is 7. The smallest absolute Gasteiger partial charge is 0.371 e. The molecule has 6 rings (SSSR count). The average molecular weight is 512 g/mol. The Morgan fingerprint density at radius 3 is 1.61 bits per heavy atom. The van der Waals surface area contributed by atoms with Crippen molar-refractivity contribution >= 4 is 61.4 Å². The summed E-state index contributed by atoms with van der Waals surface area (Å²) in [6, 6.07) is 34.0. The zero-order valence-electron chi connectivity index (χ0n) is 20.3. The predicted octanol–water partition coefficient (Wildman–Crippen LogP) is 9.69. The van der Waals surface area contributed by atoms with Crippen LogP contribution in [0.1, 0.15) is 20.8 Å². The fraction of sp³-hybridized carbons (Fsp3) is 0.133. The first-order chi connectivity index (χ1) is 17.3. The molecule has 0 bridgehead atoms. The lowest BCUT2D eigenvalue weighted by molar-refractivity contribution is 0.630. The number of nitrogens with zero attached hydrogens (tertiary/aromatic N) is 1. The lowest BCUT2D eigenvalue weighted by atomic mass is 9.99. The van der Waals surface area contributed by atoms with Gasteiger partial charge in [-0.25, -0.2) is 4.21 Å². The van der Waals surface area contributed by atoms with E-state index in [1.165, 1.54) is 0 Å². The Kier molecular flexibility index (Phi) is 5.44. The SMILES string of the molecule is CC(C)(C)S(=O)(=Np1oc2ccc3ccccc3c2c2c(ccc3ccccc32)o1)c1ccccc1. The summed E-state index contributed by atoms with van der Waals surface area (Å²) < 4.78 is 31.8. The number of hydrogen-bond donors (Lipinski definition) is 0. The molecule has 0 saturated heterocycles. The summed E-state index contributed by atoms with van der Waals surface area (Å²) in [7, 11) is -4.79. The van der Waals surface area contributed by atoms with Crippen LogP contribution in [0.15, 0.2) is 121 Å². The van der Waals surface area contributed by atoms with Crippen LogP contribution in [0.3, 0.4) is 0 Å². The number of rotatable bonds is 2. The second-order valence-corrected chi connectivity index (χ2v) is 14.0. The molecule has 0 amide bonds. The van der Waals surface area contributed by atoms with Crippen LogP contribution in [0.4, 0.5) is 0 Å². The van der Waals surface area contributed by atoms with Crippen LogP contribution >= 0.6 is 8.16 Å². The number of hydrogen-bond acceptors (Lipinski definition) is 4. The first-order valence-corrected chi connectivity index (χ1v) is 14.5. The van der Waals surface area contributed by atoms with E-state index in [-0.39, 0.29) is 0 Å². The van der Waals surface area contributed by atoms with Crippen molar-refractivity contribution in [3.05, 3.63) is 103 Å². The summed E-state index contributed by atoms with van der Waals surface area (Å²) in [5.41, 5.74) is 1.37. The van der Waals surface area contributed by atoms with Crippen LogP contribution in [0.2, 0.25) is 0 Å². The molecule has 0 aliphatic rings. The van der Waals surface area contributed by atoms with E-state index in [1.807, 2.05) is 87.5 Å². The second kappa shape index (κ2) is 8.55. The Morgan fingerprint density at radius 2 is 1.11 bits per heavy atom. The van der Waals surface area contributed by atoms with E-state index < -0.39 is 22.6 Å². The van der Waals surface area contributed by atoms with E-state index in [4.69, 9.17) is 12.5 Å². The van der Waals surface area contributed by atoms with Crippen molar-refractivity contribution in [2.24, 2.45) is 4.13 Å². The van der Waals surface area contributed by atoms with Crippen molar-refractivity contribution in [3.63, 3.8) is 0 Å². The highest BCUT2D eigenvalue weighted by Gasteiger charge is 2.30. The summed E-state index contributed by atoms with van der Waals surface area (Å²) in [6.45, 7) is 5.84. The molecule has 0 aliphatic carbocycles. The van der Waals surface area contributed by atoms with Gasteiger partial charge in [0.1, 0.15) is 11.2 Å². The van der Waals surface area contributed by atoms with E-state index >= 15 is 0 Å². The van der Waals surface area contributed by atoms with Crippen molar-refractivity contribution in [3.8, 4) is 0 Å². The maximum absolute atomic E-state index is 14.5. The highest BCUT2D eigenvalue weighted by atomic mass is 32.2. The molecule has 5 aromatic carbocycles. The molecule has 6 heteroatoms. The summed E-state index contributed by atoms with van der Waals surface area (Å²) in [6.07, 6.45) is 0. The van der Waals surface area contributed by atoms with Gasteiger partial charge in [0.05, 0.1) is 14.5 Å². The summed E-state index contributed by atoms with van der Waals surface area (Å²) in [5.74, 6) is 0. The van der Waals surface area contributed by atoms with E-state index in [0.29, 0.717) is 16.1 Å². The zero-order chi connectivity index (χ0) is 24.9. The molecule has 0 saturated carbocycles. The van der Waals surface area contributed by atoms with Crippen molar-refractivity contribution in [1.29, 1.82) is 0 Å². The molecule has 6 aromatic rings. The van der Waals surface area contributed by atoms with Crippen molar-refractivity contribution in [2.75, 3.05) is 0 Å². The summed E-state index contributed by atoms with van der Waals surface area (Å²) >= 11 is 0. The maximum atomic E-state index is 14.5. The van der Waals surface area contributed by atoms with Crippen LogP contribution in [0.25, 0.3) is 43.5 Å². The van der Waals surface area contributed by atoms with Crippen molar-refractivity contribution in [2.45, 2.75) is 30.4 Å². The third-order valence-electron chi connectivity index (χ3n) is 6.46. The minimum atomic E-state index is -2.89. The van der Waals surface area contributed by atoms with Crippen LogP contribution in [0, 0.1) is 0 Å². The summed E-state index contributed by atoms with van der Waals surface area (Å²) in [4.78, 5) is 0.675. The molecule has 4 nitrogen and oxygen atoms in total. The molecule has 36 heavy (non-hydrogen) atoms. The monoisotopic (exact) mass is 511 g/mol. The van der Waals surface area contributed by atoms with E-state index in [1.54, 1.807) is 0 Å². The first kappa shape index (κ1) is 22.9. The van der Waals surface area contributed by atoms with E-state index in [0.717, 1.165) is 32.3 Å². The highest BCUT2D eigenvalue weighted by Crippen LogP contribution is 2.44. The fourth-order valence-corrected chi connectivity index (χ4v) is 8.90. The van der Waals surface area contributed by atoms with Gasteiger partial charge < -0.3 is 8.39 Å². The minimum absolute atomic E-state index is 0.631. The van der Waals surface area contributed by atoms with Crippen molar-refractivity contribution < 1.29 is 12.6 Å². The Hall–Kier alpha value is -3.53. The van der Waals surface area contributed by atoms with Gasteiger partial charge in [0, 0.05) is 15.7 Å². The summed E-state index contributed by atoms with van der Waals surface area (Å²) in [5, 5.41) is 6.33. The molecule has 180 valence electrons. The standard InChI is InChI=1S/C30H26NO3PS/c1-30(2,3)36(32,23-13-5-4-6-14-23)31-35-33-26-19-17-21-11-7-9-15-24(21)28(26)29-25-16-10-8-12-22(25)18-20-27(29)34-35/h4-20H,1-3H3. The lowest BCUT2D eigenvalue weighted by Gasteiger charge is -2.23. The van der Waals surface area contributed by atoms with Crippen LogP contribution in [0.5, 0.6) is 0 Å². The zero-order valence-corrected chi connectivity index (χ0v) is 22.1. The van der Waals surface area contributed by atoms with E-state index in [2.05, 4.69) is 36.4 Å². The van der Waals surface area contributed by atoms with Gasteiger partial charge in [0.25, 0.3) is 0 Å². The maximum Gasteiger partial charge on any atom is 0.371 e. The van der Waals surface area contributed by atoms with Gasteiger partial charge >= 0.3 is 8.16 Å². The van der Waals surface area contributed by atoms with Gasteiger partial charge in [0.2, 0.25) is 0 Å². The third kappa shape index (κ3) is 3.71. The van der Waals surface area contributed by atoms with Gasteiger partial charge in [-0.1, -0.05) is 78.9 Å². The molecular weight excluding hydrogens is 485 g/mol. The molecular formula is C30H26NO3PS. The third-order valence-corrected chi connectivity index (χ3v) is 11.2. The van der Waals surface area contributed by atoms with Crippen molar-refractivity contribution in [1.82, 2.24) is 0 Å². The molecule has 1 aromatic heterocycles. The number of benzene rings is 5. The Morgan fingerprint density at radius 1 is 0.639 bits per heavy atom. The highest BCUT2D eigenvalue weighted by molar-refractivity contribution is 7.97. The van der Waals surface area contributed by atoms with Gasteiger partial charge in [-0.3, -0.25) is 0 Å². The average Bonchev–Trinajstić information content (AvgIpc) is 3.05. The molecule has 0 aliphatic heterocycles. The topological polar surface area (TPSA) is 55.7 Å². The quantitative estimate of drug-likeness (QED) is 0.232. The predicted molar refractivity (Wildman–Crippen MR) is 152 cm³/mol. The second-order valence-electron chi connectivity index (χ2n) is 9.77. The minimum Gasteiger partial charge on any atom is -0.402 e. The Labute approximate surface area is 211 Å². The van der Waals surface area contributed by atoms with Gasteiger partial charge in [0.15, 0.2) is 0 Å². The fourth-order valence-electron chi connectivity index (χ4n) is 4.61. The van der Waals surface area contributed by atoms with Gasteiger partial charge in [-0.2, -0.15) is 0 Å². The van der Waals surface area contributed by atoms with Crippen LogP contribution in [-0.2, 0) is 9.73 Å². The van der Waals surface area contributed by atoms with E-state index in [9.17, 15) is 4.21 Å². The normalized spacial score (nSPS) is 13.8. The molecule has 0 radical (unpaired) electrons. The Bertz CT molecular complexity index is 1830. The lowest BCUT2D eigenvalue weighted by Crippen LogP contribution is -2.27. The first-order valence-electron chi connectivity index (χ1n) is 11.9. The van der Waals surface area contributed by atoms with Gasteiger partial charge in [-0.05, 0) is 66.6 Å². The molecule has 0 fully saturated rings. The molecule has 0 spiro atoms. The Balaban J connectivity index is 1.83. The van der Waals surface area contributed by atoms with Crippen LogP contribution in [-0.4, -0.2) is 8.96 Å². The molecule has 1 unspecified atom stereocenters. The molecule has 1 atom stereocenters. The molecule has 0 N–H and O–H groups in total. The van der Waals surface area contributed by atoms with Crippen LogP contribution < -0.4 is 0 Å². The largest absolute Gasteiger partial charge is 0.402 e.